The molecular formula is C31H35ClN4O4S. The van der Waals surface area contributed by atoms with Crippen LogP contribution < -0.4 is 10.6 Å². The summed E-state index contributed by atoms with van der Waals surface area (Å²) in [5.74, 6) is -0.618. The molecule has 10 heteroatoms. The Morgan fingerprint density at radius 2 is 1.71 bits per heavy atom. The second-order valence-corrected chi connectivity index (χ2v) is 12.0. The van der Waals surface area contributed by atoms with E-state index in [0.717, 1.165) is 61.2 Å². The number of thioether (sulfide) groups is 1. The minimum Gasteiger partial charge on any atom is -0.379 e. The third-order valence-electron chi connectivity index (χ3n) is 7.41. The molecule has 0 spiro atoms. The quantitative estimate of drug-likeness (QED) is 0.326. The van der Waals surface area contributed by atoms with Gasteiger partial charge in [0.2, 0.25) is 17.7 Å². The zero-order chi connectivity index (χ0) is 28.6. The van der Waals surface area contributed by atoms with Crippen LogP contribution in [0, 0.1) is 0 Å². The maximum atomic E-state index is 13.5. The molecule has 2 aliphatic rings. The Hall–Kier alpha value is -3.11. The largest absolute Gasteiger partial charge is 0.379 e. The Kier molecular flexibility index (Phi) is 10.2. The van der Waals surface area contributed by atoms with Crippen LogP contribution in [-0.2, 0) is 25.7 Å². The molecule has 2 fully saturated rings. The predicted octanol–water partition coefficient (Wildman–Crippen LogP) is 3.98. The summed E-state index contributed by atoms with van der Waals surface area (Å²) >= 11 is 7.50. The van der Waals surface area contributed by atoms with Gasteiger partial charge in [-0.15, -0.1) is 11.8 Å². The number of ether oxygens (including phenoxy) is 1. The third kappa shape index (κ3) is 7.80. The molecule has 216 valence electrons. The van der Waals surface area contributed by atoms with Gasteiger partial charge in [0, 0.05) is 37.6 Å². The number of rotatable bonds is 11. The van der Waals surface area contributed by atoms with Crippen molar-refractivity contribution >= 4 is 51.9 Å². The van der Waals surface area contributed by atoms with Gasteiger partial charge in [-0.1, -0.05) is 66.2 Å². The van der Waals surface area contributed by atoms with E-state index >= 15 is 0 Å². The molecule has 8 nitrogen and oxygen atoms in total. The number of fused-ring (bicyclic) bond motifs is 1. The first kappa shape index (κ1) is 29.4. The number of benzene rings is 3. The summed E-state index contributed by atoms with van der Waals surface area (Å²) < 4.78 is 5.38. The van der Waals surface area contributed by atoms with Crippen LogP contribution >= 0.6 is 23.4 Å². The first-order chi connectivity index (χ1) is 20.0. The van der Waals surface area contributed by atoms with Crippen molar-refractivity contribution in [1.82, 2.24) is 20.4 Å². The summed E-state index contributed by atoms with van der Waals surface area (Å²) in [7, 11) is 0. The van der Waals surface area contributed by atoms with Gasteiger partial charge in [-0.2, -0.15) is 0 Å². The van der Waals surface area contributed by atoms with E-state index in [1.165, 1.54) is 11.8 Å². The Bertz CT molecular complexity index is 1360. The molecule has 0 unspecified atom stereocenters. The van der Waals surface area contributed by atoms with Crippen molar-refractivity contribution in [3.05, 3.63) is 82.9 Å². The molecule has 2 atom stereocenters. The molecule has 0 radical (unpaired) electrons. The molecule has 0 bridgehead atoms. The molecule has 0 saturated carbocycles. The third-order valence-corrected chi connectivity index (χ3v) is 9.14. The van der Waals surface area contributed by atoms with Gasteiger partial charge in [-0.3, -0.25) is 19.3 Å². The van der Waals surface area contributed by atoms with Crippen molar-refractivity contribution in [3.63, 3.8) is 0 Å². The van der Waals surface area contributed by atoms with E-state index < -0.39 is 5.25 Å². The van der Waals surface area contributed by atoms with Crippen LogP contribution in [0.2, 0.25) is 5.02 Å². The Balaban J connectivity index is 1.18. The zero-order valence-electron chi connectivity index (χ0n) is 22.9. The molecule has 2 heterocycles. The minimum absolute atomic E-state index is 0.0377. The number of halogens is 1. The number of hydrogen-bond acceptors (Lipinski definition) is 6. The van der Waals surface area contributed by atoms with Crippen LogP contribution in [0.5, 0.6) is 0 Å². The summed E-state index contributed by atoms with van der Waals surface area (Å²) in [6, 6.07) is 21.3. The maximum absolute atomic E-state index is 13.5. The lowest BCUT2D eigenvalue weighted by molar-refractivity contribution is -0.136. The van der Waals surface area contributed by atoms with Crippen molar-refractivity contribution in [2.24, 2.45) is 0 Å². The van der Waals surface area contributed by atoms with E-state index in [4.69, 9.17) is 16.3 Å². The minimum atomic E-state index is -0.586. The Morgan fingerprint density at radius 1 is 0.951 bits per heavy atom. The fourth-order valence-electron chi connectivity index (χ4n) is 5.22. The molecular weight excluding hydrogens is 560 g/mol. The van der Waals surface area contributed by atoms with E-state index in [1.807, 2.05) is 54.6 Å². The van der Waals surface area contributed by atoms with Gasteiger partial charge in [0.15, 0.2) is 0 Å². The maximum Gasteiger partial charge on any atom is 0.239 e. The van der Waals surface area contributed by atoms with Crippen molar-refractivity contribution in [2.45, 2.75) is 30.0 Å². The molecule has 0 aromatic heterocycles. The van der Waals surface area contributed by atoms with Crippen LogP contribution in [0.1, 0.15) is 29.3 Å². The number of amides is 3. The van der Waals surface area contributed by atoms with Gasteiger partial charge < -0.3 is 20.3 Å². The van der Waals surface area contributed by atoms with Crippen LogP contribution in [0.25, 0.3) is 10.8 Å². The highest BCUT2D eigenvalue weighted by atomic mass is 35.5. The average molecular weight is 595 g/mol. The number of nitrogens with one attached hydrogen (secondary N) is 2. The highest BCUT2D eigenvalue weighted by molar-refractivity contribution is 8.01. The van der Waals surface area contributed by atoms with Crippen molar-refractivity contribution < 1.29 is 19.1 Å². The number of nitrogens with zero attached hydrogens (tertiary/aromatic N) is 2. The normalized spacial score (nSPS) is 19.4. The Morgan fingerprint density at radius 3 is 2.51 bits per heavy atom. The fraction of sp³-hybridized carbons (Fsp3) is 0.387. The summed E-state index contributed by atoms with van der Waals surface area (Å²) in [5.41, 5.74) is 1.89. The lowest BCUT2D eigenvalue weighted by Gasteiger charge is -2.26. The van der Waals surface area contributed by atoms with Gasteiger partial charge >= 0.3 is 0 Å². The molecule has 2 N–H and O–H groups in total. The molecule has 3 aromatic carbocycles. The summed E-state index contributed by atoms with van der Waals surface area (Å²) in [4.78, 5) is 43.3. The van der Waals surface area contributed by atoms with Crippen LogP contribution in [-0.4, -0.2) is 78.7 Å². The van der Waals surface area contributed by atoms with Crippen LogP contribution in [0.15, 0.2) is 66.7 Å². The molecule has 5 rings (SSSR count). The zero-order valence-corrected chi connectivity index (χ0v) is 24.5. The second kappa shape index (κ2) is 14.2. The number of hydrogen-bond donors (Lipinski definition) is 2. The fourth-order valence-corrected chi connectivity index (χ4v) is 6.79. The van der Waals surface area contributed by atoms with Gasteiger partial charge in [-0.25, -0.2) is 0 Å². The standard InChI is InChI=1S/C31H35ClN4O4S/c32-25-11-9-23(10-12-25)31-36(21-29(38)33-13-4-14-35-15-17-40-18-16-35)30(39)27(41-31)19-28(37)34-20-24-7-3-6-22-5-1-2-8-26(22)24/h1-3,5-12,27,31H,4,13-21H2,(H,33,38)(H,34,37)/t27-,31+/m1/s1. The SMILES string of the molecule is O=C(C[C@H]1S[C@@H](c2ccc(Cl)cc2)N(CC(=O)NCCCN2CCOCC2)C1=O)NCc1cccc2ccccc12. The molecule has 3 amide bonds. The smallest absolute Gasteiger partial charge is 0.239 e. The van der Waals surface area contributed by atoms with Gasteiger partial charge in [0.05, 0.1) is 18.5 Å². The highest BCUT2D eigenvalue weighted by Crippen LogP contribution is 2.44. The lowest BCUT2D eigenvalue weighted by atomic mass is 10.0. The summed E-state index contributed by atoms with van der Waals surface area (Å²) in [5, 5.41) is 7.78. The highest BCUT2D eigenvalue weighted by Gasteiger charge is 2.42. The number of carbonyl (C=O) groups excluding carboxylic acids is 3. The van der Waals surface area contributed by atoms with E-state index in [0.29, 0.717) is 18.1 Å². The molecule has 3 aromatic rings. The molecule has 2 aliphatic heterocycles. The summed E-state index contributed by atoms with van der Waals surface area (Å²) in [6.07, 6.45) is 0.866. The van der Waals surface area contributed by atoms with Crippen molar-refractivity contribution in [2.75, 3.05) is 45.9 Å². The number of morpholine rings is 1. The molecule has 0 aliphatic carbocycles. The van der Waals surface area contributed by atoms with E-state index in [2.05, 4.69) is 15.5 Å². The predicted molar refractivity (Wildman–Crippen MR) is 163 cm³/mol. The van der Waals surface area contributed by atoms with Crippen molar-refractivity contribution in [3.8, 4) is 0 Å². The Labute approximate surface area is 249 Å². The monoisotopic (exact) mass is 594 g/mol. The molecule has 2 saturated heterocycles. The van der Waals surface area contributed by atoms with E-state index in [1.54, 1.807) is 17.0 Å². The van der Waals surface area contributed by atoms with E-state index in [-0.39, 0.29) is 36.1 Å². The van der Waals surface area contributed by atoms with Crippen LogP contribution in [0.3, 0.4) is 0 Å². The van der Waals surface area contributed by atoms with E-state index in [9.17, 15) is 14.4 Å². The van der Waals surface area contributed by atoms with Crippen LogP contribution in [0.4, 0.5) is 0 Å². The first-order valence-electron chi connectivity index (χ1n) is 14.0. The van der Waals surface area contributed by atoms with Gasteiger partial charge in [0.1, 0.15) is 11.9 Å². The van der Waals surface area contributed by atoms with Crippen molar-refractivity contribution in [1.29, 1.82) is 0 Å². The lowest BCUT2D eigenvalue weighted by Crippen LogP contribution is -2.42. The summed E-state index contributed by atoms with van der Waals surface area (Å²) in [6.45, 7) is 5.06. The van der Waals surface area contributed by atoms with Gasteiger partial charge in [0.25, 0.3) is 0 Å². The molecule has 41 heavy (non-hydrogen) atoms. The second-order valence-electron chi connectivity index (χ2n) is 10.3. The topological polar surface area (TPSA) is 91.0 Å². The first-order valence-corrected chi connectivity index (χ1v) is 15.3. The average Bonchev–Trinajstić information content (AvgIpc) is 3.29. The van der Waals surface area contributed by atoms with Gasteiger partial charge in [-0.05, 0) is 47.0 Å². The number of carbonyl (C=O) groups is 3.